The van der Waals surface area contributed by atoms with Crippen molar-refractivity contribution in [3.8, 4) is 23.0 Å². The Morgan fingerprint density at radius 2 is 1.84 bits per heavy atom. The number of anilines is 1. The number of para-hydroxylation sites is 3. The summed E-state index contributed by atoms with van der Waals surface area (Å²) in [4.78, 5) is 26.3. The Kier molecular flexibility index (Phi) is 7.77. The van der Waals surface area contributed by atoms with Crippen LogP contribution in [0.25, 0.3) is 0 Å². The summed E-state index contributed by atoms with van der Waals surface area (Å²) in [7, 11) is 3.02. The molecule has 0 fully saturated rings. The molecule has 0 aliphatic carbocycles. The molecule has 2 atom stereocenters. The van der Waals surface area contributed by atoms with Crippen LogP contribution in [0.3, 0.4) is 0 Å². The van der Waals surface area contributed by atoms with Gasteiger partial charge in [-0.05, 0) is 31.2 Å². The van der Waals surface area contributed by atoms with Crippen LogP contribution in [0, 0.1) is 0 Å². The number of benzene rings is 2. The summed E-state index contributed by atoms with van der Waals surface area (Å²) >= 11 is 0. The quantitative estimate of drug-likeness (QED) is 0.575. The highest BCUT2D eigenvalue weighted by Crippen LogP contribution is 2.37. The number of amides is 2. The minimum atomic E-state index is -0.945. The number of ether oxygens (including phenoxy) is 4. The fraction of sp³-hybridized carbons (Fsp3) is 0.391. The van der Waals surface area contributed by atoms with Crippen molar-refractivity contribution in [3.63, 3.8) is 0 Å². The maximum absolute atomic E-state index is 12.5. The van der Waals surface area contributed by atoms with E-state index in [4.69, 9.17) is 18.9 Å². The molecule has 2 amide bonds. The van der Waals surface area contributed by atoms with E-state index in [0.717, 1.165) is 0 Å². The molecule has 9 heteroatoms. The fourth-order valence-electron chi connectivity index (χ4n) is 3.32. The van der Waals surface area contributed by atoms with Gasteiger partial charge in [0.15, 0.2) is 17.6 Å². The van der Waals surface area contributed by atoms with E-state index in [1.165, 1.54) is 14.2 Å². The van der Waals surface area contributed by atoms with Crippen molar-refractivity contribution >= 4 is 17.5 Å². The van der Waals surface area contributed by atoms with Crippen LogP contribution in [0.4, 0.5) is 5.69 Å². The number of nitrogens with one attached hydrogen (secondary N) is 1. The van der Waals surface area contributed by atoms with Crippen molar-refractivity contribution in [1.82, 2.24) is 5.32 Å². The highest BCUT2D eigenvalue weighted by atomic mass is 16.5. The van der Waals surface area contributed by atoms with Crippen molar-refractivity contribution < 1.29 is 33.6 Å². The van der Waals surface area contributed by atoms with Gasteiger partial charge in [-0.3, -0.25) is 9.59 Å². The molecule has 3 rings (SSSR count). The molecule has 0 saturated carbocycles. The summed E-state index contributed by atoms with van der Waals surface area (Å²) in [5, 5.41) is 12.9. The first kappa shape index (κ1) is 23.2. The third-order valence-corrected chi connectivity index (χ3v) is 4.97. The Balaban J connectivity index is 1.48. The molecule has 2 unspecified atom stereocenters. The number of methoxy groups -OCH3 is 2. The van der Waals surface area contributed by atoms with Crippen LogP contribution >= 0.6 is 0 Å². The van der Waals surface area contributed by atoms with E-state index in [-0.39, 0.29) is 37.9 Å². The minimum Gasteiger partial charge on any atom is -0.493 e. The lowest BCUT2D eigenvalue weighted by molar-refractivity contribution is -0.125. The predicted octanol–water partition coefficient (Wildman–Crippen LogP) is 1.76. The molecule has 172 valence electrons. The molecule has 0 aromatic heterocycles. The van der Waals surface area contributed by atoms with E-state index in [1.807, 2.05) is 12.1 Å². The van der Waals surface area contributed by atoms with Gasteiger partial charge in [0.2, 0.25) is 11.7 Å². The summed E-state index contributed by atoms with van der Waals surface area (Å²) in [6.45, 7) is 1.82. The summed E-state index contributed by atoms with van der Waals surface area (Å²) < 4.78 is 21.7. The topological polar surface area (TPSA) is 107 Å². The number of aliphatic hydroxyl groups excluding tert-OH is 1. The maximum atomic E-state index is 12.5. The molecule has 1 aliphatic rings. The van der Waals surface area contributed by atoms with Crippen LogP contribution in [-0.4, -0.2) is 63.0 Å². The van der Waals surface area contributed by atoms with Crippen molar-refractivity contribution in [2.45, 2.75) is 25.6 Å². The van der Waals surface area contributed by atoms with E-state index in [9.17, 15) is 14.7 Å². The summed E-state index contributed by atoms with van der Waals surface area (Å²) in [5.41, 5.74) is 0.641. The van der Waals surface area contributed by atoms with Crippen molar-refractivity contribution in [3.05, 3.63) is 42.5 Å². The maximum Gasteiger partial charge on any atom is 0.267 e. The highest BCUT2D eigenvalue weighted by molar-refractivity contribution is 6.00. The van der Waals surface area contributed by atoms with Crippen LogP contribution in [0.5, 0.6) is 23.0 Å². The smallest absolute Gasteiger partial charge is 0.267 e. The first-order chi connectivity index (χ1) is 15.4. The number of carbonyl (C=O) groups excluding carboxylic acids is 2. The average molecular weight is 444 g/mol. The molecule has 2 aromatic rings. The molecule has 0 saturated heterocycles. The van der Waals surface area contributed by atoms with Gasteiger partial charge < -0.3 is 34.3 Å². The first-order valence-corrected chi connectivity index (χ1v) is 10.3. The molecular weight excluding hydrogens is 416 g/mol. The number of fused-ring (bicyclic) bond motifs is 1. The van der Waals surface area contributed by atoms with Gasteiger partial charge in [-0.2, -0.15) is 0 Å². The molecule has 2 N–H and O–H groups in total. The number of carbonyl (C=O) groups is 2. The number of hydrogen-bond donors (Lipinski definition) is 2. The second-order valence-electron chi connectivity index (χ2n) is 7.23. The zero-order valence-corrected chi connectivity index (χ0v) is 18.4. The third-order valence-electron chi connectivity index (χ3n) is 4.97. The SMILES string of the molecule is COc1cccc(OC)c1OCC(O)CNC(=O)CCN1C(=O)C(C)Oc2ccccc21. The van der Waals surface area contributed by atoms with Crippen molar-refractivity contribution in [1.29, 1.82) is 0 Å². The zero-order valence-electron chi connectivity index (χ0n) is 18.4. The van der Waals surface area contributed by atoms with Crippen LogP contribution < -0.4 is 29.2 Å². The van der Waals surface area contributed by atoms with Crippen LogP contribution in [-0.2, 0) is 9.59 Å². The molecule has 0 bridgehead atoms. The first-order valence-electron chi connectivity index (χ1n) is 10.3. The van der Waals surface area contributed by atoms with Gasteiger partial charge >= 0.3 is 0 Å². The molecule has 0 spiro atoms. The molecule has 2 aromatic carbocycles. The normalized spacial score (nSPS) is 15.9. The van der Waals surface area contributed by atoms with Crippen LogP contribution in [0.2, 0.25) is 0 Å². The molecule has 1 heterocycles. The minimum absolute atomic E-state index is 0.000342. The van der Waals surface area contributed by atoms with Gasteiger partial charge in [0.05, 0.1) is 19.9 Å². The number of nitrogens with zero attached hydrogens (tertiary/aromatic N) is 1. The Labute approximate surface area is 186 Å². The van der Waals surface area contributed by atoms with Gasteiger partial charge in [-0.25, -0.2) is 0 Å². The molecule has 32 heavy (non-hydrogen) atoms. The van der Waals surface area contributed by atoms with Crippen LogP contribution in [0.15, 0.2) is 42.5 Å². The molecular formula is C23H28N2O7. The van der Waals surface area contributed by atoms with Gasteiger partial charge in [-0.1, -0.05) is 18.2 Å². The van der Waals surface area contributed by atoms with E-state index in [1.54, 1.807) is 42.2 Å². The fourth-order valence-corrected chi connectivity index (χ4v) is 3.32. The molecule has 1 aliphatic heterocycles. The summed E-state index contributed by atoms with van der Waals surface area (Å²) in [6, 6.07) is 12.4. The lowest BCUT2D eigenvalue weighted by Crippen LogP contribution is -2.46. The Bertz CT molecular complexity index is 927. The monoisotopic (exact) mass is 444 g/mol. The number of hydrogen-bond acceptors (Lipinski definition) is 7. The Hall–Kier alpha value is -3.46. The van der Waals surface area contributed by atoms with Gasteiger partial charge in [0.25, 0.3) is 5.91 Å². The summed E-state index contributed by atoms with van der Waals surface area (Å²) in [5.74, 6) is 1.45. The lowest BCUT2D eigenvalue weighted by Gasteiger charge is -2.32. The highest BCUT2D eigenvalue weighted by Gasteiger charge is 2.31. The van der Waals surface area contributed by atoms with Gasteiger partial charge in [0, 0.05) is 19.5 Å². The largest absolute Gasteiger partial charge is 0.493 e. The lowest BCUT2D eigenvalue weighted by atomic mass is 10.1. The molecule has 0 radical (unpaired) electrons. The van der Waals surface area contributed by atoms with Gasteiger partial charge in [0.1, 0.15) is 18.5 Å². The van der Waals surface area contributed by atoms with E-state index in [0.29, 0.717) is 28.7 Å². The average Bonchev–Trinajstić information content (AvgIpc) is 2.81. The van der Waals surface area contributed by atoms with Gasteiger partial charge in [-0.15, -0.1) is 0 Å². The Morgan fingerprint density at radius 3 is 2.53 bits per heavy atom. The zero-order chi connectivity index (χ0) is 23.1. The van der Waals surface area contributed by atoms with E-state index >= 15 is 0 Å². The van der Waals surface area contributed by atoms with Crippen molar-refractivity contribution in [2.24, 2.45) is 0 Å². The van der Waals surface area contributed by atoms with E-state index in [2.05, 4.69) is 5.32 Å². The number of rotatable bonds is 10. The summed E-state index contributed by atoms with van der Waals surface area (Å²) in [6.07, 6.45) is -1.47. The second-order valence-corrected chi connectivity index (χ2v) is 7.23. The number of aliphatic hydroxyl groups is 1. The van der Waals surface area contributed by atoms with Crippen molar-refractivity contribution in [2.75, 3.05) is 38.8 Å². The van der Waals surface area contributed by atoms with Crippen LogP contribution in [0.1, 0.15) is 13.3 Å². The predicted molar refractivity (Wildman–Crippen MR) is 118 cm³/mol. The standard InChI is InChI=1S/C23H28N2O7/c1-15-23(28)25(17-7-4-5-8-18(17)32-15)12-11-21(27)24-13-16(26)14-31-22-19(29-2)9-6-10-20(22)30-3/h4-10,15-16,26H,11-14H2,1-3H3,(H,24,27). The third kappa shape index (κ3) is 5.42. The second kappa shape index (κ2) is 10.7. The Morgan fingerprint density at radius 1 is 1.16 bits per heavy atom. The van der Waals surface area contributed by atoms with E-state index < -0.39 is 12.2 Å². The molecule has 9 nitrogen and oxygen atoms in total.